The molecule has 8 nitrogen and oxygen atoms in total. The fourth-order valence-electron chi connectivity index (χ4n) is 2.69. The number of aromatic nitrogens is 2. The maximum absolute atomic E-state index is 12.7. The first-order chi connectivity index (χ1) is 12.6. The number of amides is 1. The van der Waals surface area contributed by atoms with Crippen LogP contribution in [0, 0.1) is 6.92 Å². The van der Waals surface area contributed by atoms with Crippen molar-refractivity contribution >= 4 is 17.5 Å². The highest BCUT2D eigenvalue weighted by Gasteiger charge is 2.18. The van der Waals surface area contributed by atoms with E-state index in [-0.39, 0.29) is 5.91 Å². The molecule has 1 saturated heterocycles. The summed E-state index contributed by atoms with van der Waals surface area (Å²) < 4.78 is 15.8. The Kier molecular flexibility index (Phi) is 5.52. The number of methoxy groups -OCH3 is 2. The van der Waals surface area contributed by atoms with Crippen molar-refractivity contribution in [3.63, 3.8) is 0 Å². The number of carbonyl (C=O) groups is 1. The number of ether oxygens (including phenoxy) is 3. The third-order valence-corrected chi connectivity index (χ3v) is 4.16. The van der Waals surface area contributed by atoms with Gasteiger partial charge >= 0.3 is 0 Å². The highest BCUT2D eigenvalue weighted by Crippen LogP contribution is 2.29. The van der Waals surface area contributed by atoms with Crippen molar-refractivity contribution in [2.45, 2.75) is 6.92 Å². The number of benzene rings is 1. The Balaban J connectivity index is 1.80. The molecule has 1 aliphatic heterocycles. The van der Waals surface area contributed by atoms with E-state index in [9.17, 15) is 4.79 Å². The fraction of sp³-hybridized carbons (Fsp3) is 0.389. The molecule has 0 spiro atoms. The highest BCUT2D eigenvalue weighted by molar-refractivity contribution is 6.05. The molecule has 0 saturated carbocycles. The Hall–Kier alpha value is -2.87. The molecule has 1 aromatic carbocycles. The van der Waals surface area contributed by atoms with Gasteiger partial charge in [-0.1, -0.05) is 0 Å². The number of hydrogen-bond donors (Lipinski definition) is 1. The number of morpholine rings is 1. The molecule has 8 heteroatoms. The SMILES string of the molecule is COc1ccc(OC)c(NC(=O)c2cnc(N3CCOCC3)nc2C)c1. The van der Waals surface area contributed by atoms with Crippen molar-refractivity contribution in [2.75, 3.05) is 50.7 Å². The van der Waals surface area contributed by atoms with Crippen LogP contribution < -0.4 is 19.7 Å². The van der Waals surface area contributed by atoms with Crippen LogP contribution >= 0.6 is 0 Å². The highest BCUT2D eigenvalue weighted by atomic mass is 16.5. The quantitative estimate of drug-likeness (QED) is 0.873. The zero-order valence-electron chi connectivity index (χ0n) is 15.1. The Labute approximate surface area is 152 Å². The standard InChI is InChI=1S/C18H22N4O4/c1-12-14(11-19-18(20-12)22-6-8-26-9-7-22)17(23)21-15-10-13(24-2)4-5-16(15)25-3/h4-5,10-11H,6-9H2,1-3H3,(H,21,23). The molecule has 2 heterocycles. The number of rotatable bonds is 5. The molecular formula is C18H22N4O4. The van der Waals surface area contributed by atoms with Gasteiger partial charge in [0.25, 0.3) is 5.91 Å². The average molecular weight is 358 g/mol. The van der Waals surface area contributed by atoms with E-state index in [1.54, 1.807) is 45.5 Å². The van der Waals surface area contributed by atoms with Crippen molar-refractivity contribution in [2.24, 2.45) is 0 Å². The van der Waals surface area contributed by atoms with Crippen molar-refractivity contribution in [3.8, 4) is 11.5 Å². The lowest BCUT2D eigenvalue weighted by molar-refractivity contribution is 0.102. The van der Waals surface area contributed by atoms with Crippen molar-refractivity contribution in [3.05, 3.63) is 35.7 Å². The first-order valence-corrected chi connectivity index (χ1v) is 8.32. The van der Waals surface area contributed by atoms with Crippen molar-refractivity contribution in [1.82, 2.24) is 9.97 Å². The Morgan fingerprint density at radius 3 is 2.65 bits per heavy atom. The molecule has 2 aromatic rings. The fourth-order valence-corrected chi connectivity index (χ4v) is 2.69. The number of carbonyl (C=O) groups excluding carboxylic acids is 1. The minimum Gasteiger partial charge on any atom is -0.497 e. The summed E-state index contributed by atoms with van der Waals surface area (Å²) in [5.41, 5.74) is 1.54. The first-order valence-electron chi connectivity index (χ1n) is 8.32. The normalized spacial score (nSPS) is 14.0. The summed E-state index contributed by atoms with van der Waals surface area (Å²) in [5.74, 6) is 1.48. The molecule has 0 bridgehead atoms. The molecule has 0 atom stereocenters. The van der Waals surface area contributed by atoms with E-state index in [0.717, 1.165) is 13.1 Å². The van der Waals surface area contributed by atoms with Gasteiger partial charge in [0.1, 0.15) is 11.5 Å². The van der Waals surface area contributed by atoms with Crippen LogP contribution in [-0.2, 0) is 4.74 Å². The molecule has 26 heavy (non-hydrogen) atoms. The molecular weight excluding hydrogens is 336 g/mol. The molecule has 1 aromatic heterocycles. The third-order valence-electron chi connectivity index (χ3n) is 4.16. The molecule has 0 aliphatic carbocycles. The Morgan fingerprint density at radius 2 is 2.00 bits per heavy atom. The predicted molar refractivity (Wildman–Crippen MR) is 97.3 cm³/mol. The van der Waals surface area contributed by atoms with Crippen LogP contribution in [0.2, 0.25) is 0 Å². The zero-order valence-corrected chi connectivity index (χ0v) is 15.1. The van der Waals surface area contributed by atoms with Gasteiger partial charge in [-0.15, -0.1) is 0 Å². The summed E-state index contributed by atoms with van der Waals surface area (Å²) in [6.07, 6.45) is 1.55. The van der Waals surface area contributed by atoms with Gasteiger partial charge in [-0.2, -0.15) is 0 Å². The topological polar surface area (TPSA) is 85.8 Å². The largest absolute Gasteiger partial charge is 0.497 e. The molecule has 1 fully saturated rings. The second-order valence-corrected chi connectivity index (χ2v) is 5.79. The average Bonchev–Trinajstić information content (AvgIpc) is 2.68. The zero-order chi connectivity index (χ0) is 18.5. The number of aryl methyl sites for hydroxylation is 1. The van der Waals surface area contributed by atoms with Crippen LogP contribution in [-0.4, -0.2) is 56.4 Å². The Morgan fingerprint density at radius 1 is 1.23 bits per heavy atom. The number of nitrogens with one attached hydrogen (secondary N) is 1. The summed E-state index contributed by atoms with van der Waals surface area (Å²) in [4.78, 5) is 23.5. The lowest BCUT2D eigenvalue weighted by Crippen LogP contribution is -2.37. The van der Waals surface area contributed by atoms with E-state index in [1.807, 2.05) is 4.90 Å². The van der Waals surface area contributed by atoms with Gasteiger partial charge in [-0.25, -0.2) is 9.97 Å². The molecule has 1 aliphatic rings. The van der Waals surface area contributed by atoms with Crippen LogP contribution in [0.25, 0.3) is 0 Å². The van der Waals surface area contributed by atoms with E-state index in [0.29, 0.717) is 47.6 Å². The van der Waals surface area contributed by atoms with E-state index >= 15 is 0 Å². The van der Waals surface area contributed by atoms with Crippen molar-refractivity contribution < 1.29 is 19.0 Å². The van der Waals surface area contributed by atoms with Crippen LogP contribution in [0.3, 0.4) is 0 Å². The smallest absolute Gasteiger partial charge is 0.259 e. The van der Waals surface area contributed by atoms with E-state index < -0.39 is 0 Å². The van der Waals surface area contributed by atoms with Gasteiger partial charge in [-0.3, -0.25) is 4.79 Å². The molecule has 3 rings (SSSR count). The van der Waals surface area contributed by atoms with Gasteiger partial charge in [-0.05, 0) is 19.1 Å². The third kappa shape index (κ3) is 3.85. The maximum atomic E-state index is 12.7. The Bertz CT molecular complexity index is 791. The van der Waals surface area contributed by atoms with Gasteiger partial charge in [0.2, 0.25) is 5.95 Å². The van der Waals surface area contributed by atoms with E-state index in [4.69, 9.17) is 14.2 Å². The van der Waals surface area contributed by atoms with Crippen molar-refractivity contribution in [1.29, 1.82) is 0 Å². The minimum atomic E-state index is -0.303. The molecule has 1 amide bonds. The predicted octanol–water partition coefficient (Wildman–Crippen LogP) is 1.89. The summed E-state index contributed by atoms with van der Waals surface area (Å²) in [5, 5.41) is 2.83. The second-order valence-electron chi connectivity index (χ2n) is 5.79. The van der Waals surface area contributed by atoms with Gasteiger partial charge in [0.05, 0.1) is 44.4 Å². The molecule has 1 N–H and O–H groups in total. The summed E-state index contributed by atoms with van der Waals surface area (Å²) >= 11 is 0. The molecule has 0 radical (unpaired) electrons. The monoisotopic (exact) mass is 358 g/mol. The van der Waals surface area contributed by atoms with Gasteiger partial charge < -0.3 is 24.4 Å². The van der Waals surface area contributed by atoms with Crippen LogP contribution in [0.4, 0.5) is 11.6 Å². The minimum absolute atomic E-state index is 0.303. The lowest BCUT2D eigenvalue weighted by Gasteiger charge is -2.27. The van der Waals surface area contributed by atoms with E-state index in [2.05, 4.69) is 15.3 Å². The summed E-state index contributed by atoms with van der Waals surface area (Å²) in [6, 6.07) is 5.20. The summed E-state index contributed by atoms with van der Waals surface area (Å²) in [6.45, 7) is 4.59. The molecule has 138 valence electrons. The number of anilines is 2. The van der Waals surface area contributed by atoms with Crippen LogP contribution in [0.1, 0.15) is 16.1 Å². The van der Waals surface area contributed by atoms with E-state index in [1.165, 1.54) is 0 Å². The van der Waals surface area contributed by atoms with Gasteiger partial charge in [0.15, 0.2) is 0 Å². The van der Waals surface area contributed by atoms with Crippen LogP contribution in [0.5, 0.6) is 11.5 Å². The number of hydrogen-bond acceptors (Lipinski definition) is 7. The lowest BCUT2D eigenvalue weighted by atomic mass is 10.2. The second kappa shape index (κ2) is 8.01. The van der Waals surface area contributed by atoms with Crippen LogP contribution in [0.15, 0.2) is 24.4 Å². The number of nitrogens with zero attached hydrogens (tertiary/aromatic N) is 3. The van der Waals surface area contributed by atoms with Gasteiger partial charge in [0, 0.05) is 25.4 Å². The first kappa shape index (κ1) is 17.9. The maximum Gasteiger partial charge on any atom is 0.259 e. The summed E-state index contributed by atoms with van der Waals surface area (Å²) in [7, 11) is 3.11. The molecule has 0 unspecified atom stereocenters.